The number of H-pyrrole nitrogens is 1. The van der Waals surface area contributed by atoms with Crippen LogP contribution < -0.4 is 5.56 Å². The number of nitrogens with one attached hydrogen (secondary N) is 1. The Morgan fingerprint density at radius 1 is 1.50 bits per heavy atom. The second kappa shape index (κ2) is 4.73. The molecule has 0 bridgehead atoms. The van der Waals surface area contributed by atoms with E-state index in [9.17, 15) is 4.79 Å². The van der Waals surface area contributed by atoms with Gasteiger partial charge in [0.2, 0.25) is 0 Å². The van der Waals surface area contributed by atoms with Crippen molar-refractivity contribution in [1.29, 1.82) is 0 Å². The van der Waals surface area contributed by atoms with Crippen molar-refractivity contribution >= 4 is 0 Å². The molecule has 0 unspecified atom stereocenters. The SMILES string of the molecule is CC.Cc1nccc(=O)[nH]1. The molecule has 0 spiro atoms. The molecule has 1 aromatic rings. The predicted octanol–water partition coefficient (Wildman–Crippen LogP) is 1.10. The summed E-state index contributed by atoms with van der Waals surface area (Å²) in [4.78, 5) is 16.7. The summed E-state index contributed by atoms with van der Waals surface area (Å²) in [5.74, 6) is 0.650. The van der Waals surface area contributed by atoms with Crippen LogP contribution in [0.15, 0.2) is 17.1 Å². The molecule has 3 nitrogen and oxygen atoms in total. The third kappa shape index (κ3) is 3.02. The number of nitrogens with zero attached hydrogens (tertiary/aromatic N) is 1. The van der Waals surface area contributed by atoms with Gasteiger partial charge in [-0.15, -0.1) is 0 Å². The van der Waals surface area contributed by atoms with Gasteiger partial charge in [0.25, 0.3) is 5.56 Å². The average Bonchev–Trinajstić information content (AvgIpc) is 1.91. The summed E-state index contributed by atoms with van der Waals surface area (Å²) in [7, 11) is 0. The van der Waals surface area contributed by atoms with Crippen LogP contribution in [0.2, 0.25) is 0 Å². The van der Waals surface area contributed by atoms with E-state index in [-0.39, 0.29) is 5.56 Å². The van der Waals surface area contributed by atoms with Gasteiger partial charge in [-0.1, -0.05) is 13.8 Å². The first kappa shape index (κ1) is 8.88. The topological polar surface area (TPSA) is 45.8 Å². The number of hydrogen-bond acceptors (Lipinski definition) is 2. The summed E-state index contributed by atoms with van der Waals surface area (Å²) in [5.41, 5.74) is -0.0995. The molecule has 1 aromatic heterocycles. The van der Waals surface area contributed by atoms with E-state index >= 15 is 0 Å². The zero-order chi connectivity index (χ0) is 7.98. The van der Waals surface area contributed by atoms with Gasteiger partial charge in [-0.25, -0.2) is 4.98 Å². The Kier molecular flexibility index (Phi) is 4.20. The molecular formula is C7H12N2O. The highest BCUT2D eigenvalue weighted by Crippen LogP contribution is 1.73. The molecule has 1 rings (SSSR count). The molecule has 0 aliphatic rings. The van der Waals surface area contributed by atoms with Gasteiger partial charge >= 0.3 is 0 Å². The first-order chi connectivity index (χ1) is 4.79. The molecule has 1 N–H and O–H groups in total. The lowest BCUT2D eigenvalue weighted by Gasteiger charge is -1.84. The summed E-state index contributed by atoms with van der Waals surface area (Å²) in [6.45, 7) is 5.74. The highest BCUT2D eigenvalue weighted by atomic mass is 16.1. The highest BCUT2D eigenvalue weighted by molar-refractivity contribution is 4.85. The predicted molar refractivity (Wildman–Crippen MR) is 40.9 cm³/mol. The van der Waals surface area contributed by atoms with Gasteiger partial charge in [0.15, 0.2) is 0 Å². The third-order valence-electron chi connectivity index (χ3n) is 0.798. The summed E-state index contributed by atoms with van der Waals surface area (Å²) < 4.78 is 0. The summed E-state index contributed by atoms with van der Waals surface area (Å²) in [5, 5.41) is 0. The van der Waals surface area contributed by atoms with Crippen LogP contribution in [0.4, 0.5) is 0 Å². The molecule has 10 heavy (non-hydrogen) atoms. The molecule has 0 fully saturated rings. The largest absolute Gasteiger partial charge is 0.311 e. The maximum Gasteiger partial charge on any atom is 0.250 e. The fourth-order valence-corrected chi connectivity index (χ4v) is 0.469. The van der Waals surface area contributed by atoms with E-state index in [1.165, 1.54) is 12.3 Å². The molecule has 0 atom stereocenters. The van der Waals surface area contributed by atoms with Crippen molar-refractivity contribution in [1.82, 2.24) is 9.97 Å². The number of aromatic nitrogens is 2. The number of rotatable bonds is 0. The second-order valence-electron chi connectivity index (χ2n) is 1.52. The Balaban J connectivity index is 0.000000371. The molecule has 56 valence electrons. The van der Waals surface area contributed by atoms with Crippen molar-refractivity contribution in [2.75, 3.05) is 0 Å². The van der Waals surface area contributed by atoms with Gasteiger partial charge < -0.3 is 4.98 Å². The summed E-state index contributed by atoms with van der Waals surface area (Å²) in [6.07, 6.45) is 1.48. The normalized spacial score (nSPS) is 7.90. The van der Waals surface area contributed by atoms with Crippen molar-refractivity contribution in [3.63, 3.8) is 0 Å². The first-order valence-corrected chi connectivity index (χ1v) is 3.31. The molecule has 1 heterocycles. The lowest BCUT2D eigenvalue weighted by Crippen LogP contribution is -2.05. The third-order valence-corrected chi connectivity index (χ3v) is 0.798. The zero-order valence-corrected chi connectivity index (χ0v) is 6.51. The molecule has 0 aliphatic heterocycles. The van der Waals surface area contributed by atoms with Crippen LogP contribution in [-0.2, 0) is 0 Å². The fourth-order valence-electron chi connectivity index (χ4n) is 0.469. The maximum atomic E-state index is 10.4. The molecule has 0 aromatic carbocycles. The van der Waals surface area contributed by atoms with E-state index < -0.39 is 0 Å². The van der Waals surface area contributed by atoms with Gasteiger partial charge in [-0.05, 0) is 6.92 Å². The minimum Gasteiger partial charge on any atom is -0.311 e. The van der Waals surface area contributed by atoms with Crippen LogP contribution in [0, 0.1) is 6.92 Å². The lowest BCUT2D eigenvalue weighted by molar-refractivity contribution is 1.02. The first-order valence-electron chi connectivity index (χ1n) is 3.31. The summed E-state index contributed by atoms with van der Waals surface area (Å²) >= 11 is 0. The fraction of sp³-hybridized carbons (Fsp3) is 0.429. The summed E-state index contributed by atoms with van der Waals surface area (Å²) in [6, 6.07) is 1.38. The van der Waals surface area contributed by atoms with Crippen LogP contribution in [0.25, 0.3) is 0 Å². The molecule has 0 saturated heterocycles. The quantitative estimate of drug-likeness (QED) is 0.586. The molecule has 0 amide bonds. The Hall–Kier alpha value is -1.12. The zero-order valence-electron chi connectivity index (χ0n) is 6.51. The minimum atomic E-state index is -0.0995. The van der Waals surface area contributed by atoms with E-state index in [2.05, 4.69) is 9.97 Å². The van der Waals surface area contributed by atoms with Crippen LogP contribution in [0.5, 0.6) is 0 Å². The van der Waals surface area contributed by atoms with Crippen molar-refractivity contribution < 1.29 is 0 Å². The molecule has 3 heteroatoms. The van der Waals surface area contributed by atoms with Gasteiger partial charge in [-0.2, -0.15) is 0 Å². The van der Waals surface area contributed by atoms with E-state index in [1.54, 1.807) is 6.92 Å². The van der Waals surface area contributed by atoms with E-state index in [1.807, 2.05) is 13.8 Å². The Morgan fingerprint density at radius 2 is 2.10 bits per heavy atom. The Morgan fingerprint density at radius 3 is 2.40 bits per heavy atom. The Bertz CT molecular complexity index is 229. The Labute approximate surface area is 60.1 Å². The number of aryl methyl sites for hydroxylation is 1. The molecule has 0 radical (unpaired) electrons. The van der Waals surface area contributed by atoms with E-state index in [4.69, 9.17) is 0 Å². The number of hydrogen-bond donors (Lipinski definition) is 1. The van der Waals surface area contributed by atoms with E-state index in [0.717, 1.165) is 0 Å². The van der Waals surface area contributed by atoms with Crippen molar-refractivity contribution in [2.24, 2.45) is 0 Å². The van der Waals surface area contributed by atoms with Gasteiger partial charge in [0.05, 0.1) is 0 Å². The van der Waals surface area contributed by atoms with Crippen molar-refractivity contribution in [3.8, 4) is 0 Å². The number of aromatic amines is 1. The van der Waals surface area contributed by atoms with Gasteiger partial charge in [0.1, 0.15) is 5.82 Å². The van der Waals surface area contributed by atoms with E-state index in [0.29, 0.717) is 5.82 Å². The smallest absolute Gasteiger partial charge is 0.250 e. The van der Waals surface area contributed by atoms with Crippen LogP contribution in [0.3, 0.4) is 0 Å². The molecule has 0 saturated carbocycles. The van der Waals surface area contributed by atoms with Crippen molar-refractivity contribution in [3.05, 3.63) is 28.4 Å². The van der Waals surface area contributed by atoms with Gasteiger partial charge in [0, 0.05) is 12.3 Å². The standard InChI is InChI=1S/C5H6N2O.C2H6/c1-4-6-3-2-5(8)7-4;1-2/h2-3H,1H3,(H,6,7,8);1-2H3. The lowest BCUT2D eigenvalue weighted by atomic mass is 10.6. The van der Waals surface area contributed by atoms with Gasteiger partial charge in [-0.3, -0.25) is 4.79 Å². The average molecular weight is 140 g/mol. The van der Waals surface area contributed by atoms with Crippen LogP contribution >= 0.6 is 0 Å². The minimum absolute atomic E-state index is 0.0995. The van der Waals surface area contributed by atoms with Crippen LogP contribution in [0.1, 0.15) is 19.7 Å². The molecule has 0 aliphatic carbocycles. The van der Waals surface area contributed by atoms with Crippen LogP contribution in [-0.4, -0.2) is 9.97 Å². The molecular weight excluding hydrogens is 128 g/mol. The second-order valence-corrected chi connectivity index (χ2v) is 1.52. The van der Waals surface area contributed by atoms with Crippen molar-refractivity contribution in [2.45, 2.75) is 20.8 Å². The maximum absolute atomic E-state index is 10.4. The monoisotopic (exact) mass is 140 g/mol. The highest BCUT2D eigenvalue weighted by Gasteiger charge is 1.80.